The third-order valence-corrected chi connectivity index (χ3v) is 4.33. The number of para-hydroxylation sites is 1. The molecule has 1 saturated carbocycles. The fraction of sp³-hybridized carbons (Fsp3) is 0.412. The van der Waals surface area contributed by atoms with E-state index in [1.54, 1.807) is 10.9 Å². The Kier molecular flexibility index (Phi) is 6.19. The molecule has 124 valence electrons. The minimum Gasteiger partial charge on any atom is -0.353 e. The van der Waals surface area contributed by atoms with Crippen LogP contribution in [0.15, 0.2) is 42.7 Å². The Morgan fingerprint density at radius 1 is 1.30 bits per heavy atom. The molecular weight excluding hydrogens is 312 g/mol. The molecular formula is C17H23ClN4O. The molecule has 23 heavy (non-hydrogen) atoms. The Labute approximate surface area is 142 Å². The smallest absolute Gasteiger partial charge is 0.224 e. The molecule has 1 heterocycles. The van der Waals surface area contributed by atoms with Crippen LogP contribution in [0.3, 0.4) is 0 Å². The number of carbonyl (C=O) groups is 1. The van der Waals surface area contributed by atoms with Crippen LogP contribution in [0.1, 0.15) is 24.8 Å². The highest BCUT2D eigenvalue weighted by molar-refractivity contribution is 5.85. The average Bonchev–Trinajstić information content (AvgIpc) is 3.17. The number of benzene rings is 1. The van der Waals surface area contributed by atoms with Crippen LogP contribution >= 0.6 is 12.4 Å². The molecule has 2 aromatic rings. The van der Waals surface area contributed by atoms with E-state index in [9.17, 15) is 4.79 Å². The van der Waals surface area contributed by atoms with E-state index in [4.69, 9.17) is 5.73 Å². The van der Waals surface area contributed by atoms with Crippen LogP contribution in [0.2, 0.25) is 0 Å². The quantitative estimate of drug-likeness (QED) is 0.879. The van der Waals surface area contributed by atoms with Gasteiger partial charge in [-0.2, -0.15) is 5.10 Å². The Hall–Kier alpha value is -1.85. The number of aromatic nitrogens is 2. The summed E-state index contributed by atoms with van der Waals surface area (Å²) < 4.78 is 1.79. The van der Waals surface area contributed by atoms with Gasteiger partial charge in [0.05, 0.1) is 18.3 Å². The number of nitrogens with one attached hydrogen (secondary N) is 1. The lowest BCUT2D eigenvalue weighted by atomic mass is 10.0. The maximum Gasteiger partial charge on any atom is 0.224 e. The molecule has 0 radical (unpaired) electrons. The normalized spacial score (nSPS) is 20.0. The standard InChI is InChI=1S/C17H22N4O.ClH/c18-10-14-5-4-8-16(14)20-17(22)9-13-11-19-21(12-13)15-6-2-1-3-7-15;/h1-3,6-7,11-12,14,16H,4-5,8-10,18H2,(H,20,22);1H. The van der Waals surface area contributed by atoms with Crippen LogP contribution in [0.5, 0.6) is 0 Å². The maximum absolute atomic E-state index is 12.2. The van der Waals surface area contributed by atoms with Gasteiger partial charge in [0.2, 0.25) is 5.91 Å². The number of rotatable bonds is 5. The van der Waals surface area contributed by atoms with E-state index in [1.807, 2.05) is 36.5 Å². The van der Waals surface area contributed by atoms with Crippen LogP contribution in [0.4, 0.5) is 0 Å². The Bertz CT molecular complexity index is 629. The lowest BCUT2D eigenvalue weighted by molar-refractivity contribution is -0.121. The van der Waals surface area contributed by atoms with Crippen LogP contribution < -0.4 is 11.1 Å². The van der Waals surface area contributed by atoms with Crippen LogP contribution in [-0.4, -0.2) is 28.3 Å². The molecule has 1 aliphatic rings. The first-order valence-corrected chi connectivity index (χ1v) is 7.84. The first kappa shape index (κ1) is 17.5. The molecule has 0 bridgehead atoms. The lowest BCUT2D eigenvalue weighted by Crippen LogP contribution is -2.40. The summed E-state index contributed by atoms with van der Waals surface area (Å²) in [6.45, 7) is 0.650. The number of halogens is 1. The number of carbonyl (C=O) groups excluding carboxylic acids is 1. The summed E-state index contributed by atoms with van der Waals surface area (Å²) in [5.74, 6) is 0.481. The van der Waals surface area contributed by atoms with Crippen LogP contribution in [0, 0.1) is 5.92 Å². The van der Waals surface area contributed by atoms with Gasteiger partial charge in [0.15, 0.2) is 0 Å². The molecule has 2 atom stereocenters. The van der Waals surface area contributed by atoms with Gasteiger partial charge >= 0.3 is 0 Å². The highest BCUT2D eigenvalue weighted by atomic mass is 35.5. The van der Waals surface area contributed by atoms with E-state index < -0.39 is 0 Å². The van der Waals surface area contributed by atoms with Gasteiger partial charge in [-0.15, -0.1) is 12.4 Å². The summed E-state index contributed by atoms with van der Waals surface area (Å²) in [6, 6.07) is 10.1. The summed E-state index contributed by atoms with van der Waals surface area (Å²) in [6.07, 6.45) is 7.33. The molecule has 0 aliphatic heterocycles. The molecule has 1 aromatic carbocycles. The molecule has 1 aliphatic carbocycles. The SMILES string of the molecule is Cl.NCC1CCCC1NC(=O)Cc1cnn(-c2ccccc2)c1. The summed E-state index contributed by atoms with van der Waals surface area (Å²) in [5.41, 5.74) is 7.67. The molecule has 0 spiro atoms. The van der Waals surface area contributed by atoms with Gasteiger partial charge in [-0.1, -0.05) is 24.6 Å². The van der Waals surface area contributed by atoms with E-state index in [0.717, 1.165) is 30.5 Å². The van der Waals surface area contributed by atoms with Crippen molar-refractivity contribution in [1.82, 2.24) is 15.1 Å². The third-order valence-electron chi connectivity index (χ3n) is 4.33. The van der Waals surface area contributed by atoms with E-state index in [0.29, 0.717) is 18.9 Å². The molecule has 1 fully saturated rings. The molecule has 1 aromatic heterocycles. The lowest BCUT2D eigenvalue weighted by Gasteiger charge is -2.19. The van der Waals surface area contributed by atoms with Gasteiger partial charge in [0.1, 0.15) is 0 Å². The number of nitrogens with two attached hydrogens (primary N) is 1. The molecule has 2 unspecified atom stereocenters. The van der Waals surface area contributed by atoms with Crippen molar-refractivity contribution in [3.05, 3.63) is 48.3 Å². The van der Waals surface area contributed by atoms with Gasteiger partial charge in [-0.25, -0.2) is 4.68 Å². The fourth-order valence-corrected chi connectivity index (χ4v) is 3.13. The van der Waals surface area contributed by atoms with Crippen molar-refractivity contribution in [3.63, 3.8) is 0 Å². The first-order chi connectivity index (χ1) is 10.8. The van der Waals surface area contributed by atoms with Gasteiger partial charge in [0.25, 0.3) is 0 Å². The summed E-state index contributed by atoms with van der Waals surface area (Å²) >= 11 is 0. The largest absolute Gasteiger partial charge is 0.353 e. The van der Waals surface area contributed by atoms with Crippen molar-refractivity contribution in [2.24, 2.45) is 11.7 Å². The zero-order valence-electron chi connectivity index (χ0n) is 13.0. The zero-order valence-corrected chi connectivity index (χ0v) is 13.8. The maximum atomic E-state index is 12.2. The Morgan fingerprint density at radius 2 is 2.09 bits per heavy atom. The zero-order chi connectivity index (χ0) is 15.4. The van der Waals surface area contributed by atoms with E-state index >= 15 is 0 Å². The van der Waals surface area contributed by atoms with Gasteiger partial charge < -0.3 is 11.1 Å². The minimum absolute atomic E-state index is 0. The molecule has 5 nitrogen and oxygen atoms in total. The summed E-state index contributed by atoms with van der Waals surface area (Å²) in [7, 11) is 0. The van der Waals surface area contributed by atoms with Crippen molar-refractivity contribution in [2.75, 3.05) is 6.54 Å². The highest BCUT2D eigenvalue weighted by Gasteiger charge is 2.27. The highest BCUT2D eigenvalue weighted by Crippen LogP contribution is 2.24. The first-order valence-electron chi connectivity index (χ1n) is 7.84. The number of hydrogen-bond donors (Lipinski definition) is 2. The fourth-order valence-electron chi connectivity index (χ4n) is 3.13. The van der Waals surface area contributed by atoms with Crippen LogP contribution in [-0.2, 0) is 11.2 Å². The third kappa shape index (κ3) is 4.33. The van der Waals surface area contributed by atoms with Crippen LogP contribution in [0.25, 0.3) is 5.69 Å². The van der Waals surface area contributed by atoms with E-state index in [-0.39, 0.29) is 24.4 Å². The Balaban J connectivity index is 0.00000192. The molecule has 6 heteroatoms. The number of amides is 1. The van der Waals surface area contributed by atoms with Gasteiger partial charge in [-0.05, 0) is 43.0 Å². The van der Waals surface area contributed by atoms with Crippen molar-refractivity contribution < 1.29 is 4.79 Å². The predicted octanol–water partition coefficient (Wildman–Crippen LogP) is 2.08. The second kappa shape index (κ2) is 8.13. The second-order valence-corrected chi connectivity index (χ2v) is 5.91. The van der Waals surface area contributed by atoms with E-state index in [1.165, 1.54) is 0 Å². The average molecular weight is 335 g/mol. The molecule has 0 saturated heterocycles. The molecule has 1 amide bonds. The Morgan fingerprint density at radius 3 is 2.83 bits per heavy atom. The monoisotopic (exact) mass is 334 g/mol. The van der Waals surface area contributed by atoms with Crippen molar-refractivity contribution >= 4 is 18.3 Å². The van der Waals surface area contributed by atoms with Gasteiger partial charge in [-0.3, -0.25) is 4.79 Å². The topological polar surface area (TPSA) is 72.9 Å². The molecule has 3 rings (SSSR count). The van der Waals surface area contributed by atoms with Gasteiger partial charge in [0, 0.05) is 12.2 Å². The number of nitrogens with zero attached hydrogens (tertiary/aromatic N) is 2. The van der Waals surface area contributed by atoms with Crippen molar-refractivity contribution in [1.29, 1.82) is 0 Å². The summed E-state index contributed by atoms with van der Waals surface area (Å²) in [4.78, 5) is 12.2. The summed E-state index contributed by atoms with van der Waals surface area (Å²) in [5, 5.41) is 7.44. The number of hydrogen-bond acceptors (Lipinski definition) is 3. The predicted molar refractivity (Wildman–Crippen MR) is 92.8 cm³/mol. The van der Waals surface area contributed by atoms with E-state index in [2.05, 4.69) is 10.4 Å². The van der Waals surface area contributed by atoms with Crippen molar-refractivity contribution in [3.8, 4) is 5.69 Å². The molecule has 3 N–H and O–H groups in total. The second-order valence-electron chi connectivity index (χ2n) is 5.91. The minimum atomic E-state index is 0. The van der Waals surface area contributed by atoms with Crippen molar-refractivity contribution in [2.45, 2.75) is 31.7 Å².